The molecule has 0 atom stereocenters. The molecule has 0 aromatic heterocycles. The zero-order valence-electron chi connectivity index (χ0n) is 18.8. The highest BCUT2D eigenvalue weighted by Gasteiger charge is 2.30. The molecule has 2 aliphatic heterocycles. The monoisotopic (exact) mass is 423 g/mol. The van der Waals surface area contributed by atoms with Crippen LogP contribution in [0, 0.1) is 11.7 Å². The molecule has 0 saturated carbocycles. The van der Waals surface area contributed by atoms with Gasteiger partial charge in [0.1, 0.15) is 5.82 Å². The fourth-order valence-electron chi connectivity index (χ4n) is 4.74. The summed E-state index contributed by atoms with van der Waals surface area (Å²) >= 11 is 0. The number of likely N-dealkylation sites (tertiary alicyclic amines) is 1. The summed E-state index contributed by atoms with van der Waals surface area (Å²) in [4.78, 5) is 19.5. The van der Waals surface area contributed by atoms with Crippen molar-refractivity contribution in [1.29, 1.82) is 0 Å². The average molecular weight is 424 g/mol. The van der Waals surface area contributed by atoms with Gasteiger partial charge in [-0.25, -0.2) is 4.39 Å². The number of anilines is 1. The topological polar surface area (TPSA) is 26.8 Å². The fraction of sp³-hybridized carbons (Fsp3) is 0.500. The highest BCUT2D eigenvalue weighted by Crippen LogP contribution is 2.24. The van der Waals surface area contributed by atoms with Crippen LogP contribution in [-0.4, -0.2) is 55.0 Å². The molecule has 0 bridgehead atoms. The van der Waals surface area contributed by atoms with Crippen LogP contribution < -0.4 is 4.90 Å². The first-order valence-electron chi connectivity index (χ1n) is 11.6. The van der Waals surface area contributed by atoms with E-state index in [0.29, 0.717) is 37.8 Å². The van der Waals surface area contributed by atoms with Gasteiger partial charge >= 0.3 is 0 Å². The Hall–Kier alpha value is -2.40. The number of benzene rings is 2. The minimum absolute atomic E-state index is 0.125. The molecular formula is C26H34FN3O. The first-order valence-corrected chi connectivity index (χ1v) is 11.6. The predicted molar refractivity (Wildman–Crippen MR) is 124 cm³/mol. The maximum absolute atomic E-state index is 14.0. The Labute approximate surface area is 185 Å². The van der Waals surface area contributed by atoms with E-state index in [4.69, 9.17) is 0 Å². The SMILES string of the molecule is CC(C)c1ccc(CN2CCC(C(=O)N3CCN(c4ccccc4F)CC3)CC2)cc1. The van der Waals surface area contributed by atoms with Crippen LogP contribution in [0.3, 0.4) is 0 Å². The summed E-state index contributed by atoms with van der Waals surface area (Å²) in [6, 6.07) is 15.8. The number of rotatable bonds is 5. The normalized spacial score (nSPS) is 18.6. The number of amides is 1. The molecule has 4 nitrogen and oxygen atoms in total. The Morgan fingerprint density at radius 3 is 2.19 bits per heavy atom. The number of carbonyl (C=O) groups is 1. The van der Waals surface area contributed by atoms with Gasteiger partial charge in [0.05, 0.1) is 5.69 Å². The second-order valence-corrected chi connectivity index (χ2v) is 9.21. The molecule has 2 aromatic rings. The molecule has 1 amide bonds. The van der Waals surface area contributed by atoms with Crippen molar-refractivity contribution >= 4 is 11.6 Å². The Morgan fingerprint density at radius 1 is 0.935 bits per heavy atom. The second-order valence-electron chi connectivity index (χ2n) is 9.21. The minimum Gasteiger partial charge on any atom is -0.366 e. The van der Waals surface area contributed by atoms with Crippen LogP contribution in [0.4, 0.5) is 10.1 Å². The van der Waals surface area contributed by atoms with Crippen molar-refractivity contribution < 1.29 is 9.18 Å². The van der Waals surface area contributed by atoms with Crippen LogP contribution in [0.15, 0.2) is 48.5 Å². The highest BCUT2D eigenvalue weighted by molar-refractivity contribution is 5.79. The minimum atomic E-state index is -0.187. The summed E-state index contributed by atoms with van der Waals surface area (Å²) in [5.74, 6) is 0.784. The summed E-state index contributed by atoms with van der Waals surface area (Å²) in [5.41, 5.74) is 3.37. The lowest BCUT2D eigenvalue weighted by Gasteiger charge is -2.39. The number of piperidine rings is 1. The molecule has 31 heavy (non-hydrogen) atoms. The third kappa shape index (κ3) is 5.27. The lowest BCUT2D eigenvalue weighted by atomic mass is 9.94. The number of hydrogen-bond acceptors (Lipinski definition) is 3. The first-order chi connectivity index (χ1) is 15.0. The molecule has 0 aliphatic carbocycles. The third-order valence-electron chi connectivity index (χ3n) is 6.77. The van der Waals surface area contributed by atoms with Gasteiger partial charge in [0.2, 0.25) is 5.91 Å². The van der Waals surface area contributed by atoms with E-state index in [1.807, 2.05) is 21.9 Å². The van der Waals surface area contributed by atoms with Gasteiger partial charge in [-0.15, -0.1) is 0 Å². The second kappa shape index (κ2) is 9.82. The van der Waals surface area contributed by atoms with Gasteiger partial charge < -0.3 is 9.80 Å². The highest BCUT2D eigenvalue weighted by atomic mass is 19.1. The van der Waals surface area contributed by atoms with Gasteiger partial charge in [0, 0.05) is 38.6 Å². The van der Waals surface area contributed by atoms with E-state index in [0.717, 1.165) is 32.5 Å². The van der Waals surface area contributed by atoms with Crippen molar-refractivity contribution in [2.45, 2.75) is 39.2 Å². The Balaban J connectivity index is 1.24. The number of halogens is 1. The maximum Gasteiger partial charge on any atom is 0.225 e. The van der Waals surface area contributed by atoms with E-state index >= 15 is 0 Å². The number of carbonyl (C=O) groups excluding carboxylic acids is 1. The maximum atomic E-state index is 14.0. The predicted octanol–water partition coefficient (Wildman–Crippen LogP) is 4.51. The van der Waals surface area contributed by atoms with Crippen molar-refractivity contribution in [3.8, 4) is 0 Å². The molecule has 4 rings (SSSR count). The summed E-state index contributed by atoms with van der Waals surface area (Å²) in [6.45, 7) is 10.1. The van der Waals surface area contributed by atoms with Gasteiger partial charge in [-0.3, -0.25) is 9.69 Å². The number of piperazine rings is 1. The van der Waals surface area contributed by atoms with Gasteiger partial charge in [0.25, 0.3) is 0 Å². The molecule has 2 aromatic carbocycles. The zero-order chi connectivity index (χ0) is 21.8. The van der Waals surface area contributed by atoms with Crippen LogP contribution in [0.25, 0.3) is 0 Å². The van der Waals surface area contributed by atoms with E-state index < -0.39 is 0 Å². The van der Waals surface area contributed by atoms with E-state index in [2.05, 4.69) is 43.0 Å². The van der Waals surface area contributed by atoms with E-state index in [9.17, 15) is 9.18 Å². The van der Waals surface area contributed by atoms with E-state index in [1.54, 1.807) is 6.07 Å². The Kier molecular flexibility index (Phi) is 6.91. The van der Waals surface area contributed by atoms with Crippen LogP contribution in [0.5, 0.6) is 0 Å². The number of nitrogens with zero attached hydrogens (tertiary/aromatic N) is 3. The largest absolute Gasteiger partial charge is 0.366 e. The zero-order valence-corrected chi connectivity index (χ0v) is 18.8. The standard InChI is InChI=1S/C26H34FN3O/c1-20(2)22-9-7-21(8-10-22)19-28-13-11-23(12-14-28)26(31)30-17-15-29(16-18-30)25-6-4-3-5-24(25)27/h3-10,20,23H,11-19H2,1-2H3. The molecule has 166 valence electrons. The van der Waals surface area contributed by atoms with Crippen molar-refractivity contribution in [1.82, 2.24) is 9.80 Å². The van der Waals surface area contributed by atoms with Gasteiger partial charge in [-0.05, 0) is 55.1 Å². The Morgan fingerprint density at radius 2 is 1.58 bits per heavy atom. The van der Waals surface area contributed by atoms with Crippen molar-refractivity contribution in [2.75, 3.05) is 44.2 Å². The lowest BCUT2D eigenvalue weighted by molar-refractivity contribution is -0.137. The molecule has 2 heterocycles. The van der Waals surface area contributed by atoms with Gasteiger partial charge in [-0.1, -0.05) is 50.2 Å². The smallest absolute Gasteiger partial charge is 0.225 e. The molecule has 0 spiro atoms. The lowest BCUT2D eigenvalue weighted by Crippen LogP contribution is -2.51. The fourth-order valence-corrected chi connectivity index (χ4v) is 4.74. The summed E-state index contributed by atoms with van der Waals surface area (Å²) in [5, 5.41) is 0. The van der Waals surface area contributed by atoms with Crippen LogP contribution in [-0.2, 0) is 11.3 Å². The molecule has 0 N–H and O–H groups in total. The molecule has 2 aliphatic rings. The third-order valence-corrected chi connectivity index (χ3v) is 6.77. The van der Waals surface area contributed by atoms with Crippen LogP contribution in [0.2, 0.25) is 0 Å². The Bertz CT molecular complexity index is 866. The summed E-state index contributed by atoms with van der Waals surface area (Å²) < 4.78 is 14.0. The van der Waals surface area contributed by atoms with Crippen LogP contribution in [0.1, 0.15) is 43.7 Å². The molecule has 5 heteroatoms. The van der Waals surface area contributed by atoms with Crippen molar-refractivity contribution in [2.24, 2.45) is 5.92 Å². The van der Waals surface area contributed by atoms with E-state index in [1.165, 1.54) is 17.2 Å². The average Bonchev–Trinajstić information content (AvgIpc) is 2.80. The molecule has 2 fully saturated rings. The van der Waals surface area contributed by atoms with E-state index in [-0.39, 0.29) is 17.6 Å². The van der Waals surface area contributed by atoms with Crippen molar-refractivity contribution in [3.63, 3.8) is 0 Å². The molecule has 0 unspecified atom stereocenters. The van der Waals surface area contributed by atoms with Gasteiger partial charge in [-0.2, -0.15) is 0 Å². The quantitative estimate of drug-likeness (QED) is 0.708. The number of hydrogen-bond donors (Lipinski definition) is 0. The molecule has 0 radical (unpaired) electrons. The van der Waals surface area contributed by atoms with Gasteiger partial charge in [0.15, 0.2) is 0 Å². The first kappa shape index (κ1) is 21.8. The molecular weight excluding hydrogens is 389 g/mol. The summed E-state index contributed by atoms with van der Waals surface area (Å²) in [6.07, 6.45) is 1.85. The molecule has 2 saturated heterocycles. The van der Waals surface area contributed by atoms with Crippen LogP contribution >= 0.6 is 0 Å². The summed E-state index contributed by atoms with van der Waals surface area (Å²) in [7, 11) is 0. The number of para-hydroxylation sites is 1. The van der Waals surface area contributed by atoms with Crippen molar-refractivity contribution in [3.05, 3.63) is 65.5 Å².